The Kier molecular flexibility index (Phi) is 3.38. The number of nitrogens with zero attached hydrogens (tertiary/aromatic N) is 1. The minimum absolute atomic E-state index is 0.658. The third-order valence-electron chi connectivity index (χ3n) is 3.70. The van der Waals surface area contributed by atoms with Crippen molar-refractivity contribution in [2.24, 2.45) is 7.05 Å². The first kappa shape index (κ1) is 14.0. The van der Waals surface area contributed by atoms with E-state index in [1.807, 2.05) is 43.7 Å². The van der Waals surface area contributed by atoms with Crippen molar-refractivity contribution in [1.29, 1.82) is 0 Å². The summed E-state index contributed by atoms with van der Waals surface area (Å²) in [5, 5.41) is 11.0. The van der Waals surface area contributed by atoms with Gasteiger partial charge in [0, 0.05) is 13.2 Å². The van der Waals surface area contributed by atoms with Crippen LogP contribution in [0.15, 0.2) is 18.2 Å². The fraction of sp³-hybridized carbons (Fsp3) is 0.467. The molecule has 0 spiro atoms. The summed E-state index contributed by atoms with van der Waals surface area (Å²) < 4.78 is 7.63. The molecule has 0 aliphatic heterocycles. The number of benzene rings is 1. The largest absolute Gasteiger partial charge is 0.427 e. The molecule has 1 radical (unpaired) electrons. The fourth-order valence-electron chi connectivity index (χ4n) is 1.58. The molecule has 0 aliphatic rings. The van der Waals surface area contributed by atoms with E-state index in [-0.39, 0.29) is 0 Å². The SMILES string of the molecule is Cn1c#cc2cc([B]OC(C)(C)C(C)(C)O)ccc21. The van der Waals surface area contributed by atoms with Gasteiger partial charge < -0.3 is 14.3 Å². The summed E-state index contributed by atoms with van der Waals surface area (Å²) in [6.45, 7) is 7.21. The van der Waals surface area contributed by atoms with Gasteiger partial charge in [0.15, 0.2) is 0 Å². The van der Waals surface area contributed by atoms with Gasteiger partial charge in [0.2, 0.25) is 0 Å². The van der Waals surface area contributed by atoms with Crippen LogP contribution in [-0.4, -0.2) is 28.4 Å². The molecule has 0 unspecified atom stereocenters. The molecule has 0 fully saturated rings. The van der Waals surface area contributed by atoms with Gasteiger partial charge in [-0.1, -0.05) is 11.5 Å². The van der Waals surface area contributed by atoms with Crippen molar-refractivity contribution in [3.05, 3.63) is 30.5 Å². The van der Waals surface area contributed by atoms with Crippen LogP contribution in [0.4, 0.5) is 0 Å². The third kappa shape index (κ3) is 2.78. The molecule has 2 rings (SSSR count). The van der Waals surface area contributed by atoms with Crippen LogP contribution in [0.5, 0.6) is 0 Å². The molecule has 1 aromatic carbocycles. The Balaban J connectivity index is 2.14. The second-order valence-electron chi connectivity index (χ2n) is 5.88. The van der Waals surface area contributed by atoms with Crippen molar-refractivity contribution in [2.45, 2.75) is 38.9 Å². The standard InChI is InChI=1S/C15H19BNO2/c1-14(2,18)15(3,4)19-16-12-6-7-13-11(10-12)8-9-17(13)5/h6-7,10,18H,1-5H3. The minimum Gasteiger partial charge on any atom is -0.427 e. The van der Waals surface area contributed by atoms with Crippen LogP contribution in [0.25, 0.3) is 10.9 Å². The van der Waals surface area contributed by atoms with E-state index in [2.05, 4.69) is 12.3 Å². The average molecular weight is 256 g/mol. The third-order valence-corrected chi connectivity index (χ3v) is 3.70. The highest BCUT2D eigenvalue weighted by molar-refractivity contribution is 6.47. The van der Waals surface area contributed by atoms with Crippen molar-refractivity contribution in [1.82, 2.24) is 4.57 Å². The van der Waals surface area contributed by atoms with E-state index >= 15 is 0 Å². The van der Waals surface area contributed by atoms with E-state index < -0.39 is 11.2 Å². The molecule has 2 aromatic rings. The molecule has 99 valence electrons. The molecule has 1 heterocycles. The van der Waals surface area contributed by atoms with Gasteiger partial charge in [-0.05, 0) is 45.9 Å². The summed E-state index contributed by atoms with van der Waals surface area (Å²) in [6.07, 6.45) is 3.00. The fourth-order valence-corrected chi connectivity index (χ4v) is 1.58. The van der Waals surface area contributed by atoms with Crippen molar-refractivity contribution < 1.29 is 9.76 Å². The summed E-state index contributed by atoms with van der Waals surface area (Å²) >= 11 is 0. The molecule has 0 saturated carbocycles. The van der Waals surface area contributed by atoms with Crippen molar-refractivity contribution in [3.8, 4) is 0 Å². The molecule has 1 aromatic heterocycles. The molecule has 0 saturated heterocycles. The van der Waals surface area contributed by atoms with E-state index in [4.69, 9.17) is 4.65 Å². The van der Waals surface area contributed by atoms with E-state index in [1.54, 1.807) is 21.3 Å². The number of fused-ring (bicyclic) bond motifs is 1. The topological polar surface area (TPSA) is 34.4 Å². The number of aliphatic hydroxyl groups is 1. The zero-order valence-electron chi connectivity index (χ0n) is 12.1. The van der Waals surface area contributed by atoms with Crippen molar-refractivity contribution in [2.75, 3.05) is 0 Å². The maximum absolute atomic E-state index is 10.0. The lowest BCUT2D eigenvalue weighted by Crippen LogP contribution is -2.49. The predicted octanol–water partition coefficient (Wildman–Crippen LogP) is 1.59. The summed E-state index contributed by atoms with van der Waals surface area (Å²) in [5.41, 5.74) is 0.453. The molecular formula is C15H19BNO2. The molecular weight excluding hydrogens is 237 g/mol. The van der Waals surface area contributed by atoms with E-state index in [0.29, 0.717) is 0 Å². The van der Waals surface area contributed by atoms with E-state index in [9.17, 15) is 5.11 Å². The van der Waals surface area contributed by atoms with Crippen LogP contribution >= 0.6 is 0 Å². The Morgan fingerprint density at radius 3 is 2.58 bits per heavy atom. The van der Waals surface area contributed by atoms with Gasteiger partial charge in [-0.15, -0.1) is 0 Å². The molecule has 0 atom stereocenters. The Morgan fingerprint density at radius 1 is 1.26 bits per heavy atom. The second-order valence-corrected chi connectivity index (χ2v) is 5.88. The maximum Gasteiger partial charge on any atom is 0.330 e. The zero-order chi connectivity index (χ0) is 14.3. The zero-order valence-corrected chi connectivity index (χ0v) is 12.1. The second kappa shape index (κ2) is 4.59. The van der Waals surface area contributed by atoms with Crippen LogP contribution in [0.3, 0.4) is 0 Å². The summed E-state index contributed by atoms with van der Waals surface area (Å²) in [4.78, 5) is 0. The molecule has 19 heavy (non-hydrogen) atoms. The highest BCUT2D eigenvalue weighted by Crippen LogP contribution is 2.24. The van der Waals surface area contributed by atoms with Gasteiger partial charge in [0.1, 0.15) is 0 Å². The molecule has 0 amide bonds. The Labute approximate surface area is 115 Å². The lowest BCUT2D eigenvalue weighted by atomic mass is 9.82. The van der Waals surface area contributed by atoms with Crippen LogP contribution in [0, 0.1) is 12.3 Å². The van der Waals surface area contributed by atoms with E-state index in [0.717, 1.165) is 16.4 Å². The molecule has 4 heteroatoms. The first-order valence-corrected chi connectivity index (χ1v) is 6.33. The van der Waals surface area contributed by atoms with Crippen LogP contribution in [0.1, 0.15) is 27.7 Å². The van der Waals surface area contributed by atoms with Gasteiger partial charge in [0.05, 0.1) is 22.1 Å². The molecule has 0 aliphatic carbocycles. The first-order chi connectivity index (χ1) is 8.71. The van der Waals surface area contributed by atoms with Crippen LogP contribution in [-0.2, 0) is 11.7 Å². The van der Waals surface area contributed by atoms with E-state index in [1.165, 1.54) is 0 Å². The molecule has 3 nitrogen and oxygen atoms in total. The minimum atomic E-state index is -0.916. The highest BCUT2D eigenvalue weighted by atomic mass is 16.5. The quantitative estimate of drug-likeness (QED) is 0.843. The van der Waals surface area contributed by atoms with Gasteiger partial charge in [-0.3, -0.25) is 0 Å². The van der Waals surface area contributed by atoms with Crippen LogP contribution < -0.4 is 5.46 Å². The Hall–Kier alpha value is -1.44. The number of rotatable bonds is 4. The smallest absolute Gasteiger partial charge is 0.330 e. The molecule has 1 N–H and O–H groups in total. The highest BCUT2D eigenvalue weighted by Gasteiger charge is 2.35. The maximum atomic E-state index is 10.0. The van der Waals surface area contributed by atoms with Crippen molar-refractivity contribution in [3.63, 3.8) is 0 Å². The number of aromatic nitrogens is 1. The molecule has 0 bridgehead atoms. The number of hydrogen-bond acceptors (Lipinski definition) is 2. The first-order valence-electron chi connectivity index (χ1n) is 6.33. The van der Waals surface area contributed by atoms with Gasteiger partial charge in [-0.25, -0.2) is 0 Å². The monoisotopic (exact) mass is 256 g/mol. The van der Waals surface area contributed by atoms with Gasteiger partial charge in [0.25, 0.3) is 0 Å². The van der Waals surface area contributed by atoms with Gasteiger partial charge in [-0.2, -0.15) is 0 Å². The lowest BCUT2D eigenvalue weighted by Gasteiger charge is -2.37. The average Bonchev–Trinajstić information content (AvgIpc) is 2.67. The van der Waals surface area contributed by atoms with Gasteiger partial charge >= 0.3 is 7.48 Å². The summed E-state index contributed by atoms with van der Waals surface area (Å²) in [6, 6.07) is 9.05. The summed E-state index contributed by atoms with van der Waals surface area (Å²) in [5.74, 6) is 0. The van der Waals surface area contributed by atoms with Crippen LogP contribution in [0.2, 0.25) is 0 Å². The number of hydrogen-bond donors (Lipinski definition) is 1. The normalized spacial score (nSPS) is 12.5. The predicted molar refractivity (Wildman–Crippen MR) is 77.4 cm³/mol. The Bertz CT molecular complexity index is 581. The summed E-state index contributed by atoms with van der Waals surface area (Å²) in [7, 11) is 3.62. The number of aryl methyl sites for hydroxylation is 1. The lowest BCUT2D eigenvalue weighted by molar-refractivity contribution is -0.0893. The Morgan fingerprint density at radius 2 is 1.95 bits per heavy atom. The van der Waals surface area contributed by atoms with Crippen molar-refractivity contribution >= 4 is 23.8 Å².